The van der Waals surface area contributed by atoms with Crippen molar-refractivity contribution in [2.75, 3.05) is 32.8 Å². The second kappa shape index (κ2) is 13.8. The summed E-state index contributed by atoms with van der Waals surface area (Å²) < 4.78 is 11.5. The van der Waals surface area contributed by atoms with Crippen LogP contribution in [-0.2, 0) is 20.8 Å². The summed E-state index contributed by atoms with van der Waals surface area (Å²) in [7, 11) is 0. The molecule has 42 heavy (non-hydrogen) atoms. The Kier molecular flexibility index (Phi) is 9.92. The van der Waals surface area contributed by atoms with E-state index in [1.807, 2.05) is 37.3 Å². The maximum atomic E-state index is 13.4. The number of aliphatic hydroxyl groups is 1. The third-order valence-corrected chi connectivity index (χ3v) is 6.78. The van der Waals surface area contributed by atoms with Crippen molar-refractivity contribution in [3.8, 4) is 17.2 Å². The van der Waals surface area contributed by atoms with E-state index in [0.717, 1.165) is 11.1 Å². The Hall–Kier alpha value is -4.71. The van der Waals surface area contributed by atoms with Crippen molar-refractivity contribution in [3.63, 3.8) is 0 Å². The summed E-state index contributed by atoms with van der Waals surface area (Å²) in [6.07, 6.45) is -1.32. The van der Waals surface area contributed by atoms with E-state index in [1.165, 1.54) is 17.9 Å². The molecule has 0 radical (unpaired) electrons. The van der Waals surface area contributed by atoms with Gasteiger partial charge in [-0.25, -0.2) is 4.98 Å². The van der Waals surface area contributed by atoms with E-state index in [-0.39, 0.29) is 44.8 Å². The molecule has 12 nitrogen and oxygen atoms in total. The number of nitrogens with one attached hydrogen (secondary N) is 3. The first-order chi connectivity index (χ1) is 20.1. The zero-order chi connectivity index (χ0) is 30.2. The Morgan fingerprint density at radius 1 is 1.07 bits per heavy atom. The number of aromatic nitrogens is 1. The van der Waals surface area contributed by atoms with Gasteiger partial charge in [-0.15, -0.1) is 0 Å². The van der Waals surface area contributed by atoms with Crippen LogP contribution >= 0.6 is 0 Å². The van der Waals surface area contributed by atoms with E-state index >= 15 is 0 Å². The standard InChI is InChI=1S/C30H35N5O7/c1-18-9-10-22-15-24(18)41-14-12-31-25(37)17-35(13-11-32-29(40)27(19(2)36)34-28(22)39)26(38)16-23-20(3)42-30(33-23)21-7-5-4-6-8-21/h4-10,15,19,27,36H,11-14,16-17H2,1-3H3,(H,31,37)(H,32,40)(H,34,39)/t19-,27+/m1/s1. The zero-order valence-electron chi connectivity index (χ0n) is 23.8. The van der Waals surface area contributed by atoms with E-state index in [2.05, 4.69) is 20.9 Å². The predicted octanol–water partition coefficient (Wildman–Crippen LogP) is 1.13. The van der Waals surface area contributed by atoms with E-state index in [4.69, 9.17) is 9.15 Å². The molecule has 1 aromatic heterocycles. The molecule has 3 aromatic rings. The summed E-state index contributed by atoms with van der Waals surface area (Å²) in [5, 5.41) is 18.2. The molecule has 4 N–H and O–H groups in total. The third kappa shape index (κ3) is 7.72. The first-order valence-corrected chi connectivity index (χ1v) is 13.7. The van der Waals surface area contributed by atoms with Crippen molar-refractivity contribution in [3.05, 3.63) is 71.1 Å². The van der Waals surface area contributed by atoms with Crippen LogP contribution in [0, 0.1) is 13.8 Å². The summed E-state index contributed by atoms with van der Waals surface area (Å²) in [4.78, 5) is 57.8. The molecule has 1 aliphatic heterocycles. The molecule has 4 rings (SSSR count). The Morgan fingerprint density at radius 3 is 2.57 bits per heavy atom. The molecule has 4 amide bonds. The van der Waals surface area contributed by atoms with Gasteiger partial charge in [-0.2, -0.15) is 0 Å². The fourth-order valence-corrected chi connectivity index (χ4v) is 4.37. The van der Waals surface area contributed by atoms with E-state index in [1.54, 1.807) is 19.1 Å². The van der Waals surface area contributed by atoms with Crippen LogP contribution < -0.4 is 20.7 Å². The number of ether oxygens (including phenoxy) is 1. The molecule has 1 aliphatic rings. The van der Waals surface area contributed by atoms with Gasteiger partial charge in [0.1, 0.15) is 24.2 Å². The van der Waals surface area contributed by atoms with E-state index < -0.39 is 35.8 Å². The highest BCUT2D eigenvalue weighted by Gasteiger charge is 2.27. The van der Waals surface area contributed by atoms with Crippen molar-refractivity contribution >= 4 is 23.6 Å². The predicted molar refractivity (Wildman–Crippen MR) is 153 cm³/mol. The van der Waals surface area contributed by atoms with Gasteiger partial charge in [0.2, 0.25) is 23.6 Å². The van der Waals surface area contributed by atoms with Gasteiger partial charge in [-0.3, -0.25) is 19.2 Å². The number of hydrogen-bond donors (Lipinski definition) is 4. The Labute approximate surface area is 243 Å². The molecular formula is C30H35N5O7. The number of amides is 4. The summed E-state index contributed by atoms with van der Waals surface area (Å²) in [5.41, 5.74) is 2.23. The number of oxazole rings is 1. The monoisotopic (exact) mass is 577 g/mol. The average molecular weight is 578 g/mol. The lowest BCUT2D eigenvalue weighted by atomic mass is 10.1. The average Bonchev–Trinajstić information content (AvgIpc) is 3.33. The van der Waals surface area contributed by atoms with Gasteiger partial charge in [0.15, 0.2) is 0 Å². The molecule has 2 heterocycles. The fraction of sp³-hybridized carbons (Fsp3) is 0.367. The van der Waals surface area contributed by atoms with Gasteiger partial charge >= 0.3 is 0 Å². The molecular weight excluding hydrogens is 542 g/mol. The molecule has 12 heteroatoms. The highest BCUT2D eigenvalue weighted by molar-refractivity contribution is 5.98. The van der Waals surface area contributed by atoms with Gasteiger partial charge in [0.25, 0.3) is 5.91 Å². The van der Waals surface area contributed by atoms with Gasteiger partial charge in [-0.1, -0.05) is 24.3 Å². The fourth-order valence-electron chi connectivity index (χ4n) is 4.37. The number of fused-ring (bicyclic) bond motifs is 2. The van der Waals surface area contributed by atoms with E-state index in [9.17, 15) is 24.3 Å². The van der Waals surface area contributed by atoms with Gasteiger partial charge in [-0.05, 0) is 50.6 Å². The molecule has 0 fully saturated rings. The highest BCUT2D eigenvalue weighted by Crippen LogP contribution is 2.22. The summed E-state index contributed by atoms with van der Waals surface area (Å²) >= 11 is 0. The minimum absolute atomic E-state index is 0.00260. The lowest BCUT2D eigenvalue weighted by Gasteiger charge is -2.24. The topological polar surface area (TPSA) is 163 Å². The highest BCUT2D eigenvalue weighted by atomic mass is 16.5. The van der Waals surface area contributed by atoms with Crippen LogP contribution in [0.25, 0.3) is 11.5 Å². The molecule has 0 unspecified atom stereocenters. The minimum atomic E-state index is -1.25. The van der Waals surface area contributed by atoms with Crippen LogP contribution in [-0.4, -0.2) is 83.6 Å². The Balaban J connectivity index is 1.51. The van der Waals surface area contributed by atoms with Crippen LogP contribution in [0.15, 0.2) is 52.9 Å². The van der Waals surface area contributed by atoms with Crippen LogP contribution in [0.2, 0.25) is 0 Å². The smallest absolute Gasteiger partial charge is 0.252 e. The molecule has 0 saturated heterocycles. The van der Waals surface area contributed by atoms with Crippen molar-refractivity contribution in [1.29, 1.82) is 0 Å². The number of aliphatic hydroxyl groups excluding tert-OH is 1. The molecule has 2 atom stereocenters. The van der Waals surface area contributed by atoms with Crippen LogP contribution in [0.5, 0.6) is 5.75 Å². The molecule has 0 aliphatic carbocycles. The second-order valence-electron chi connectivity index (χ2n) is 10.0. The second-order valence-corrected chi connectivity index (χ2v) is 10.0. The Bertz CT molecular complexity index is 1440. The maximum absolute atomic E-state index is 13.4. The number of rotatable bonds is 4. The normalized spacial score (nSPS) is 17.8. The Morgan fingerprint density at radius 2 is 1.83 bits per heavy atom. The number of carbonyl (C=O) groups is 4. The number of benzene rings is 2. The van der Waals surface area contributed by atoms with Crippen molar-refractivity contribution < 1.29 is 33.4 Å². The van der Waals surface area contributed by atoms with Crippen LogP contribution in [0.3, 0.4) is 0 Å². The minimum Gasteiger partial charge on any atom is -0.491 e. The number of carbonyl (C=O) groups excluding carboxylic acids is 4. The molecule has 0 saturated carbocycles. The summed E-state index contributed by atoms with van der Waals surface area (Å²) in [6.45, 7) is 4.92. The largest absolute Gasteiger partial charge is 0.491 e. The van der Waals surface area contributed by atoms with Crippen LogP contribution in [0.1, 0.15) is 34.3 Å². The molecule has 222 valence electrons. The first-order valence-electron chi connectivity index (χ1n) is 13.7. The lowest BCUT2D eigenvalue weighted by molar-refractivity contribution is -0.136. The SMILES string of the molecule is Cc1ccc2cc1OCCNC(=O)CN(C(=O)Cc1nc(-c3ccccc3)oc1C)CCNC(=O)[C@H]([C@@H](C)O)NC2=O. The molecule has 2 bridgehead atoms. The number of aryl methyl sites for hydroxylation is 2. The van der Waals surface area contributed by atoms with Crippen molar-refractivity contribution in [2.45, 2.75) is 39.3 Å². The van der Waals surface area contributed by atoms with E-state index in [0.29, 0.717) is 23.1 Å². The summed E-state index contributed by atoms with van der Waals surface area (Å²) in [5.74, 6) is -0.691. The quantitative estimate of drug-likeness (QED) is 0.359. The van der Waals surface area contributed by atoms with Gasteiger partial charge in [0.05, 0.1) is 31.3 Å². The number of hydrogen-bond acceptors (Lipinski definition) is 8. The van der Waals surface area contributed by atoms with Gasteiger partial charge < -0.3 is 35.1 Å². The summed E-state index contributed by atoms with van der Waals surface area (Å²) in [6, 6.07) is 12.9. The first kappa shape index (κ1) is 30.3. The molecule has 0 spiro atoms. The number of nitrogens with zero attached hydrogens (tertiary/aromatic N) is 2. The lowest BCUT2D eigenvalue weighted by Crippen LogP contribution is -2.53. The zero-order valence-corrected chi connectivity index (χ0v) is 23.8. The van der Waals surface area contributed by atoms with Crippen molar-refractivity contribution in [2.24, 2.45) is 0 Å². The van der Waals surface area contributed by atoms with Crippen molar-refractivity contribution in [1.82, 2.24) is 25.8 Å². The molecule has 2 aromatic carbocycles. The van der Waals surface area contributed by atoms with Crippen LogP contribution in [0.4, 0.5) is 0 Å². The third-order valence-electron chi connectivity index (χ3n) is 6.78. The van der Waals surface area contributed by atoms with Gasteiger partial charge in [0, 0.05) is 24.2 Å². The maximum Gasteiger partial charge on any atom is 0.252 e.